The van der Waals surface area contributed by atoms with E-state index in [1.165, 1.54) is 0 Å². The molecule has 0 aromatic heterocycles. The van der Waals surface area contributed by atoms with Gasteiger partial charge in [-0.15, -0.1) is 0 Å². The molecule has 1 amide bonds. The van der Waals surface area contributed by atoms with Crippen molar-refractivity contribution in [2.75, 3.05) is 13.2 Å². The minimum Gasteiger partial charge on any atom is -0.481 e. The Morgan fingerprint density at radius 1 is 1.26 bits per heavy atom. The van der Waals surface area contributed by atoms with Crippen LogP contribution in [0.5, 0.6) is 0 Å². The summed E-state index contributed by atoms with van der Waals surface area (Å²) >= 11 is 0. The number of hydrogen-bond acceptors (Lipinski definition) is 3. The molecule has 1 heterocycles. The summed E-state index contributed by atoms with van der Waals surface area (Å²) in [5.41, 5.74) is -1.20. The van der Waals surface area contributed by atoms with Crippen LogP contribution in [-0.4, -0.2) is 35.7 Å². The molecule has 0 bridgehead atoms. The lowest BCUT2D eigenvalue weighted by Gasteiger charge is -2.36. The Bertz CT molecular complexity index is 330. The molecule has 0 saturated carbocycles. The van der Waals surface area contributed by atoms with Crippen molar-refractivity contribution >= 4 is 11.9 Å². The van der Waals surface area contributed by atoms with Crippen LogP contribution in [0.3, 0.4) is 0 Å². The number of amides is 1. The fourth-order valence-corrected chi connectivity index (χ4v) is 2.51. The molecule has 19 heavy (non-hydrogen) atoms. The van der Waals surface area contributed by atoms with E-state index in [9.17, 15) is 14.7 Å². The van der Waals surface area contributed by atoms with Gasteiger partial charge in [-0.05, 0) is 32.6 Å². The van der Waals surface area contributed by atoms with Gasteiger partial charge in [0, 0.05) is 25.2 Å². The fourth-order valence-electron chi connectivity index (χ4n) is 2.51. The van der Waals surface area contributed by atoms with Crippen LogP contribution in [-0.2, 0) is 14.3 Å². The predicted molar refractivity (Wildman–Crippen MR) is 71.9 cm³/mol. The van der Waals surface area contributed by atoms with E-state index in [2.05, 4.69) is 5.32 Å². The third-order valence-corrected chi connectivity index (χ3v) is 4.34. The summed E-state index contributed by atoms with van der Waals surface area (Å²) in [6.07, 6.45) is 2.53. The maximum Gasteiger partial charge on any atom is 0.310 e. The quantitative estimate of drug-likeness (QED) is 0.774. The number of carboxylic acids is 1. The highest BCUT2D eigenvalue weighted by Crippen LogP contribution is 2.31. The first kappa shape index (κ1) is 16.0. The molecule has 0 atom stereocenters. The van der Waals surface area contributed by atoms with Crippen LogP contribution in [0.25, 0.3) is 0 Å². The van der Waals surface area contributed by atoms with Crippen LogP contribution in [0.2, 0.25) is 0 Å². The van der Waals surface area contributed by atoms with Gasteiger partial charge in [0.2, 0.25) is 5.91 Å². The van der Waals surface area contributed by atoms with Gasteiger partial charge in [0.25, 0.3) is 0 Å². The molecule has 1 aliphatic rings. The van der Waals surface area contributed by atoms with Gasteiger partial charge in [0.15, 0.2) is 0 Å². The molecule has 110 valence electrons. The molecule has 5 nitrogen and oxygen atoms in total. The summed E-state index contributed by atoms with van der Waals surface area (Å²) in [6.45, 7) is 6.92. The summed E-state index contributed by atoms with van der Waals surface area (Å²) in [5, 5.41) is 12.3. The predicted octanol–water partition coefficient (Wildman–Crippen LogP) is 1.95. The van der Waals surface area contributed by atoms with Gasteiger partial charge >= 0.3 is 5.97 Å². The average Bonchev–Trinajstić information content (AvgIpc) is 2.36. The van der Waals surface area contributed by atoms with Crippen LogP contribution >= 0.6 is 0 Å². The number of carbonyl (C=O) groups is 2. The highest BCUT2D eigenvalue weighted by Gasteiger charge is 2.39. The van der Waals surface area contributed by atoms with Crippen molar-refractivity contribution in [1.82, 2.24) is 5.32 Å². The van der Waals surface area contributed by atoms with E-state index < -0.39 is 11.4 Å². The molecule has 1 fully saturated rings. The van der Waals surface area contributed by atoms with E-state index in [0.717, 1.165) is 12.8 Å². The van der Waals surface area contributed by atoms with E-state index in [0.29, 0.717) is 26.1 Å². The molecule has 0 aromatic rings. The van der Waals surface area contributed by atoms with Gasteiger partial charge < -0.3 is 15.2 Å². The molecule has 0 radical (unpaired) electrons. The Kier molecular flexibility index (Phi) is 5.35. The average molecular weight is 271 g/mol. The van der Waals surface area contributed by atoms with E-state index >= 15 is 0 Å². The number of nitrogens with one attached hydrogen (secondary N) is 1. The Morgan fingerprint density at radius 3 is 2.21 bits per heavy atom. The Balaban J connectivity index is 2.65. The van der Waals surface area contributed by atoms with Crippen molar-refractivity contribution in [1.29, 1.82) is 0 Å². The third-order valence-electron chi connectivity index (χ3n) is 4.34. The number of rotatable bonds is 6. The zero-order valence-electron chi connectivity index (χ0n) is 12.1. The van der Waals surface area contributed by atoms with Gasteiger partial charge in [0.05, 0.1) is 5.41 Å². The van der Waals surface area contributed by atoms with Crippen LogP contribution in [0, 0.1) is 5.41 Å². The molecule has 0 spiro atoms. The zero-order chi connectivity index (χ0) is 14.5. The summed E-state index contributed by atoms with van der Waals surface area (Å²) in [6, 6.07) is 0. The molecule has 0 unspecified atom stereocenters. The standard InChI is InChI=1S/C14H25NO4/c1-4-14(5-2,12(17)18)10-11(16)15-13(3)6-8-19-9-7-13/h4-10H2,1-3H3,(H,15,16)(H,17,18). The highest BCUT2D eigenvalue weighted by molar-refractivity contribution is 5.85. The first-order valence-corrected chi connectivity index (χ1v) is 6.99. The van der Waals surface area contributed by atoms with E-state index in [-0.39, 0.29) is 17.9 Å². The molecule has 0 aromatic carbocycles. The minimum atomic E-state index is -0.939. The van der Waals surface area contributed by atoms with Crippen molar-refractivity contribution in [3.05, 3.63) is 0 Å². The van der Waals surface area contributed by atoms with E-state index in [1.807, 2.05) is 20.8 Å². The Labute approximate surface area is 114 Å². The zero-order valence-corrected chi connectivity index (χ0v) is 12.1. The molecule has 5 heteroatoms. The Hall–Kier alpha value is -1.10. The van der Waals surface area contributed by atoms with Crippen molar-refractivity contribution in [3.63, 3.8) is 0 Å². The van der Waals surface area contributed by atoms with Crippen molar-refractivity contribution in [2.45, 2.75) is 58.4 Å². The first-order chi connectivity index (χ1) is 8.87. The number of hydrogen-bond donors (Lipinski definition) is 2. The lowest BCUT2D eigenvalue weighted by atomic mass is 9.78. The Morgan fingerprint density at radius 2 is 1.79 bits per heavy atom. The van der Waals surface area contributed by atoms with Crippen LogP contribution < -0.4 is 5.32 Å². The highest BCUT2D eigenvalue weighted by atomic mass is 16.5. The SMILES string of the molecule is CCC(CC)(CC(=O)NC1(C)CCOCC1)C(=O)O. The molecule has 1 rings (SSSR count). The molecular weight excluding hydrogens is 246 g/mol. The normalized spacial score (nSPS) is 18.9. The second-order valence-electron chi connectivity index (χ2n) is 5.69. The fraction of sp³-hybridized carbons (Fsp3) is 0.857. The van der Waals surface area contributed by atoms with Gasteiger partial charge in [-0.3, -0.25) is 9.59 Å². The second-order valence-corrected chi connectivity index (χ2v) is 5.69. The van der Waals surface area contributed by atoms with Crippen LogP contribution in [0.4, 0.5) is 0 Å². The number of carbonyl (C=O) groups excluding carboxylic acids is 1. The smallest absolute Gasteiger partial charge is 0.310 e. The lowest BCUT2D eigenvalue weighted by Crippen LogP contribution is -2.51. The summed E-state index contributed by atoms with van der Waals surface area (Å²) < 4.78 is 5.28. The maximum atomic E-state index is 12.1. The molecule has 0 aliphatic carbocycles. The third kappa shape index (κ3) is 3.93. The summed E-state index contributed by atoms with van der Waals surface area (Å²) in [5.74, 6) is -1.06. The van der Waals surface area contributed by atoms with E-state index in [4.69, 9.17) is 4.74 Å². The number of aliphatic carboxylic acids is 1. The van der Waals surface area contributed by atoms with Crippen molar-refractivity contribution in [2.24, 2.45) is 5.41 Å². The largest absolute Gasteiger partial charge is 0.481 e. The lowest BCUT2D eigenvalue weighted by molar-refractivity contribution is -0.152. The molecular formula is C14H25NO4. The van der Waals surface area contributed by atoms with Gasteiger partial charge in [-0.1, -0.05) is 13.8 Å². The monoisotopic (exact) mass is 271 g/mol. The summed E-state index contributed by atoms with van der Waals surface area (Å²) in [7, 11) is 0. The topological polar surface area (TPSA) is 75.6 Å². The molecule has 1 saturated heterocycles. The van der Waals surface area contributed by atoms with Crippen LogP contribution in [0.1, 0.15) is 52.9 Å². The minimum absolute atomic E-state index is 0.0474. The van der Waals surface area contributed by atoms with Crippen LogP contribution in [0.15, 0.2) is 0 Å². The maximum absolute atomic E-state index is 12.1. The number of ether oxygens (including phenoxy) is 1. The van der Waals surface area contributed by atoms with Gasteiger partial charge in [-0.25, -0.2) is 0 Å². The number of carboxylic acid groups (broad SMARTS) is 1. The van der Waals surface area contributed by atoms with Crippen molar-refractivity contribution in [3.8, 4) is 0 Å². The van der Waals surface area contributed by atoms with Gasteiger partial charge in [0.1, 0.15) is 0 Å². The van der Waals surface area contributed by atoms with E-state index in [1.54, 1.807) is 0 Å². The second kappa shape index (κ2) is 6.37. The molecule has 2 N–H and O–H groups in total. The molecule has 1 aliphatic heterocycles. The van der Waals surface area contributed by atoms with Gasteiger partial charge in [-0.2, -0.15) is 0 Å². The van der Waals surface area contributed by atoms with Crippen molar-refractivity contribution < 1.29 is 19.4 Å². The first-order valence-electron chi connectivity index (χ1n) is 6.99. The summed E-state index contributed by atoms with van der Waals surface area (Å²) in [4.78, 5) is 23.5.